The minimum Gasteiger partial charge on any atom is -0.267 e. The van der Waals surface area contributed by atoms with Crippen LogP contribution in [-0.2, 0) is 4.79 Å². The van der Waals surface area contributed by atoms with Crippen molar-refractivity contribution in [3.63, 3.8) is 0 Å². The summed E-state index contributed by atoms with van der Waals surface area (Å²) in [5, 5.41) is 6.21. The Bertz CT molecular complexity index is 791. The van der Waals surface area contributed by atoms with Crippen LogP contribution in [0.1, 0.15) is 18.1 Å². The number of carbonyl (C=O) groups excluding carboxylic acids is 1. The fourth-order valence-corrected chi connectivity index (χ4v) is 2.52. The van der Waals surface area contributed by atoms with Crippen LogP contribution < -0.4 is 5.01 Å². The first kappa shape index (κ1) is 14.5. The Kier molecular flexibility index (Phi) is 3.82. The Hall–Kier alpha value is -2.39. The monoisotopic (exact) mass is 310 g/mol. The van der Waals surface area contributed by atoms with Gasteiger partial charge in [0, 0.05) is 0 Å². The van der Waals surface area contributed by atoms with Gasteiger partial charge in [0.25, 0.3) is 5.91 Å². The molecule has 0 aliphatic carbocycles. The highest BCUT2D eigenvalue weighted by Gasteiger charge is 2.29. The minimum atomic E-state index is -0.161. The van der Waals surface area contributed by atoms with E-state index >= 15 is 0 Å². The third-order valence-electron chi connectivity index (χ3n) is 3.53. The number of carbonyl (C=O) groups is 1. The molecule has 2 aromatic carbocycles. The first-order valence-electron chi connectivity index (χ1n) is 6.99. The Balaban J connectivity index is 1.97. The molecule has 0 bridgehead atoms. The number of hydrogen-bond donors (Lipinski definition) is 0. The molecule has 0 N–H and O–H groups in total. The van der Waals surface area contributed by atoms with E-state index in [1.807, 2.05) is 56.3 Å². The number of benzene rings is 2. The van der Waals surface area contributed by atoms with Gasteiger partial charge in [-0.2, -0.15) is 10.1 Å². The second-order valence-electron chi connectivity index (χ2n) is 5.22. The molecule has 1 amide bonds. The summed E-state index contributed by atoms with van der Waals surface area (Å²) >= 11 is 6.16. The summed E-state index contributed by atoms with van der Waals surface area (Å²) in [5.74, 6) is -0.161. The highest BCUT2D eigenvalue weighted by Crippen LogP contribution is 2.30. The van der Waals surface area contributed by atoms with Crippen LogP contribution in [0.15, 0.2) is 59.2 Å². The highest BCUT2D eigenvalue weighted by molar-refractivity contribution is 6.37. The average Bonchev–Trinajstić information content (AvgIpc) is 2.78. The van der Waals surface area contributed by atoms with Crippen molar-refractivity contribution in [2.45, 2.75) is 13.8 Å². The van der Waals surface area contributed by atoms with Gasteiger partial charge >= 0.3 is 0 Å². The molecule has 0 saturated heterocycles. The van der Waals surface area contributed by atoms with Crippen LogP contribution in [0.3, 0.4) is 0 Å². The minimum absolute atomic E-state index is 0.161. The third-order valence-corrected chi connectivity index (χ3v) is 3.85. The lowest BCUT2D eigenvalue weighted by Gasteiger charge is -2.13. The van der Waals surface area contributed by atoms with Crippen LogP contribution in [0.25, 0.3) is 6.08 Å². The SMILES string of the molecule is CC1=NN(c2ccccc2Cl)C(=O)/C1=C\c1ccc(C)cc1. The standard InChI is InChI=1S/C18H15ClN2O/c1-12-7-9-14(10-8-12)11-15-13(2)20-21(18(15)22)17-6-4-3-5-16(17)19/h3-11H,1-2H3/b15-11-. The van der Waals surface area contributed by atoms with Crippen molar-refractivity contribution in [2.75, 3.05) is 5.01 Å². The van der Waals surface area contributed by atoms with E-state index < -0.39 is 0 Å². The van der Waals surface area contributed by atoms with Crippen LogP contribution >= 0.6 is 11.6 Å². The van der Waals surface area contributed by atoms with Crippen molar-refractivity contribution in [1.29, 1.82) is 0 Å². The molecule has 1 heterocycles. The molecule has 0 saturated carbocycles. The van der Waals surface area contributed by atoms with Crippen LogP contribution in [-0.4, -0.2) is 11.6 Å². The van der Waals surface area contributed by atoms with Gasteiger partial charge in [0.2, 0.25) is 0 Å². The van der Waals surface area contributed by atoms with Gasteiger partial charge in [-0.05, 0) is 37.6 Å². The molecule has 0 radical (unpaired) electrons. The van der Waals surface area contributed by atoms with E-state index in [0.717, 1.165) is 5.56 Å². The molecule has 0 fully saturated rings. The van der Waals surface area contributed by atoms with Gasteiger partial charge in [-0.15, -0.1) is 0 Å². The Labute approximate surface area is 134 Å². The molecule has 3 rings (SSSR count). The first-order valence-corrected chi connectivity index (χ1v) is 7.37. The fourth-order valence-electron chi connectivity index (χ4n) is 2.30. The molecule has 0 aromatic heterocycles. The van der Waals surface area contributed by atoms with Crippen molar-refractivity contribution in [2.24, 2.45) is 5.10 Å². The number of halogens is 1. The number of anilines is 1. The Morgan fingerprint density at radius 3 is 2.41 bits per heavy atom. The Morgan fingerprint density at radius 1 is 1.05 bits per heavy atom. The summed E-state index contributed by atoms with van der Waals surface area (Å²) in [6.45, 7) is 3.86. The van der Waals surface area contributed by atoms with Crippen LogP contribution in [0, 0.1) is 6.92 Å². The summed E-state index contributed by atoms with van der Waals surface area (Å²) in [6, 6.07) is 15.2. The molecule has 3 nitrogen and oxygen atoms in total. The fraction of sp³-hybridized carbons (Fsp3) is 0.111. The number of aryl methyl sites for hydroxylation is 1. The van der Waals surface area contributed by atoms with E-state index in [2.05, 4.69) is 5.10 Å². The summed E-state index contributed by atoms with van der Waals surface area (Å²) in [6.07, 6.45) is 1.86. The van der Waals surface area contributed by atoms with Crippen LogP contribution in [0.5, 0.6) is 0 Å². The molecule has 0 unspecified atom stereocenters. The van der Waals surface area contributed by atoms with E-state index in [0.29, 0.717) is 22.0 Å². The van der Waals surface area contributed by atoms with E-state index in [1.54, 1.807) is 12.1 Å². The molecular formula is C18H15ClN2O. The molecule has 1 aliphatic rings. The molecule has 0 atom stereocenters. The van der Waals surface area contributed by atoms with Crippen LogP contribution in [0.4, 0.5) is 5.69 Å². The third kappa shape index (κ3) is 2.68. The number of amides is 1. The zero-order chi connectivity index (χ0) is 15.7. The second-order valence-corrected chi connectivity index (χ2v) is 5.63. The Morgan fingerprint density at radius 2 is 1.73 bits per heavy atom. The van der Waals surface area contributed by atoms with Crippen molar-refractivity contribution in [3.8, 4) is 0 Å². The number of rotatable bonds is 2. The van der Waals surface area contributed by atoms with Crippen molar-refractivity contribution >= 4 is 35.0 Å². The second kappa shape index (κ2) is 5.78. The average molecular weight is 311 g/mol. The van der Waals surface area contributed by atoms with Gasteiger partial charge < -0.3 is 0 Å². The van der Waals surface area contributed by atoms with Gasteiger partial charge in [-0.25, -0.2) is 0 Å². The molecule has 110 valence electrons. The van der Waals surface area contributed by atoms with E-state index in [4.69, 9.17) is 11.6 Å². The van der Waals surface area contributed by atoms with E-state index in [9.17, 15) is 4.79 Å². The van der Waals surface area contributed by atoms with Crippen molar-refractivity contribution in [1.82, 2.24) is 0 Å². The predicted octanol–water partition coefficient (Wildman–Crippen LogP) is 4.45. The maximum absolute atomic E-state index is 12.6. The van der Waals surface area contributed by atoms with Gasteiger partial charge in [-0.1, -0.05) is 53.6 Å². The first-order chi connectivity index (χ1) is 10.6. The maximum atomic E-state index is 12.6. The van der Waals surface area contributed by atoms with Crippen molar-refractivity contribution in [3.05, 3.63) is 70.3 Å². The number of nitrogens with zero attached hydrogens (tertiary/aromatic N) is 2. The van der Waals surface area contributed by atoms with Gasteiger partial charge in [0.05, 0.1) is 22.0 Å². The van der Waals surface area contributed by atoms with Gasteiger partial charge in [0.1, 0.15) is 0 Å². The van der Waals surface area contributed by atoms with Gasteiger partial charge in [-0.3, -0.25) is 4.79 Å². The molecule has 2 aromatic rings. The lowest BCUT2D eigenvalue weighted by Crippen LogP contribution is -2.21. The molecule has 22 heavy (non-hydrogen) atoms. The number of hydrogen-bond acceptors (Lipinski definition) is 2. The normalized spacial score (nSPS) is 16.3. The van der Waals surface area contributed by atoms with Gasteiger partial charge in [0.15, 0.2) is 0 Å². The zero-order valence-electron chi connectivity index (χ0n) is 12.4. The topological polar surface area (TPSA) is 32.7 Å². The highest BCUT2D eigenvalue weighted by atomic mass is 35.5. The summed E-state index contributed by atoms with van der Waals surface area (Å²) in [7, 11) is 0. The quantitative estimate of drug-likeness (QED) is 0.754. The molecule has 4 heteroatoms. The lowest BCUT2D eigenvalue weighted by molar-refractivity contribution is -0.114. The predicted molar refractivity (Wildman–Crippen MR) is 91.2 cm³/mol. The lowest BCUT2D eigenvalue weighted by atomic mass is 10.1. The zero-order valence-corrected chi connectivity index (χ0v) is 13.1. The number of hydrazone groups is 1. The molecule has 1 aliphatic heterocycles. The van der Waals surface area contributed by atoms with E-state index in [-0.39, 0.29) is 5.91 Å². The largest absolute Gasteiger partial charge is 0.280 e. The van der Waals surface area contributed by atoms with E-state index in [1.165, 1.54) is 10.6 Å². The maximum Gasteiger partial charge on any atom is 0.280 e. The summed E-state index contributed by atoms with van der Waals surface area (Å²) < 4.78 is 0. The number of para-hydroxylation sites is 1. The summed E-state index contributed by atoms with van der Waals surface area (Å²) in [5.41, 5.74) is 4.03. The van der Waals surface area contributed by atoms with Crippen LogP contribution in [0.2, 0.25) is 5.02 Å². The molecule has 0 spiro atoms. The molecular weight excluding hydrogens is 296 g/mol. The summed E-state index contributed by atoms with van der Waals surface area (Å²) in [4.78, 5) is 12.6. The van der Waals surface area contributed by atoms with Crippen molar-refractivity contribution < 1.29 is 4.79 Å². The smallest absolute Gasteiger partial charge is 0.267 e.